The van der Waals surface area contributed by atoms with Gasteiger partial charge >= 0.3 is 6.61 Å². The molecule has 116 valence electrons. The Kier molecular flexibility index (Phi) is 5.24. The smallest absolute Gasteiger partial charge is 0.387 e. The van der Waals surface area contributed by atoms with E-state index in [2.05, 4.69) is 10.1 Å². The van der Waals surface area contributed by atoms with Crippen LogP contribution in [0.1, 0.15) is 0 Å². The molecule has 0 bridgehead atoms. The van der Waals surface area contributed by atoms with Crippen LogP contribution in [0.5, 0.6) is 11.5 Å². The molecular weight excluding hydrogens is 299 g/mol. The lowest BCUT2D eigenvalue weighted by Gasteiger charge is -2.12. The van der Waals surface area contributed by atoms with Gasteiger partial charge in [-0.05, 0) is 36.4 Å². The quantitative estimate of drug-likeness (QED) is 0.889. The monoisotopic (exact) mass is 311 g/mol. The van der Waals surface area contributed by atoms with Gasteiger partial charge in [-0.1, -0.05) is 12.1 Å². The number of amides is 1. The molecule has 1 amide bonds. The largest absolute Gasteiger partial charge is 0.484 e. The fourth-order valence-electron chi connectivity index (χ4n) is 1.63. The Balaban J connectivity index is 1.93. The van der Waals surface area contributed by atoms with Crippen molar-refractivity contribution in [3.63, 3.8) is 0 Å². The summed E-state index contributed by atoms with van der Waals surface area (Å²) < 4.78 is 46.7. The van der Waals surface area contributed by atoms with Crippen molar-refractivity contribution >= 4 is 11.6 Å². The first-order valence-electron chi connectivity index (χ1n) is 6.26. The maximum absolute atomic E-state index is 12.7. The third kappa shape index (κ3) is 4.69. The Morgan fingerprint density at radius 2 is 1.77 bits per heavy atom. The number of para-hydroxylation sites is 2. The molecule has 7 heteroatoms. The van der Waals surface area contributed by atoms with Crippen LogP contribution < -0.4 is 14.8 Å². The Labute approximate surface area is 124 Å². The standard InChI is InChI=1S/C15H12F3NO3/c16-10-5-7-11(8-6-10)21-9-14(20)19-12-3-1-2-4-13(12)22-15(17)18/h1-8,15H,9H2,(H,19,20). The summed E-state index contributed by atoms with van der Waals surface area (Å²) in [5.74, 6) is -0.814. The van der Waals surface area contributed by atoms with Crippen LogP contribution in [0.25, 0.3) is 0 Å². The van der Waals surface area contributed by atoms with Crippen molar-refractivity contribution < 1.29 is 27.4 Å². The van der Waals surface area contributed by atoms with E-state index in [-0.39, 0.29) is 18.0 Å². The maximum Gasteiger partial charge on any atom is 0.387 e. The Morgan fingerprint density at radius 1 is 1.09 bits per heavy atom. The number of carbonyl (C=O) groups excluding carboxylic acids is 1. The molecule has 0 saturated heterocycles. The predicted molar refractivity (Wildman–Crippen MR) is 73.6 cm³/mol. The number of carbonyl (C=O) groups is 1. The predicted octanol–water partition coefficient (Wildman–Crippen LogP) is 3.44. The van der Waals surface area contributed by atoms with E-state index in [1.807, 2.05) is 0 Å². The topological polar surface area (TPSA) is 47.6 Å². The number of alkyl halides is 2. The van der Waals surface area contributed by atoms with Gasteiger partial charge in [0.05, 0.1) is 5.69 Å². The number of ether oxygens (including phenoxy) is 2. The molecule has 0 spiro atoms. The van der Waals surface area contributed by atoms with Gasteiger partial charge in [-0.15, -0.1) is 0 Å². The van der Waals surface area contributed by atoms with Crippen molar-refractivity contribution in [1.82, 2.24) is 0 Å². The molecule has 0 unspecified atom stereocenters. The van der Waals surface area contributed by atoms with Crippen molar-refractivity contribution in [3.8, 4) is 11.5 Å². The summed E-state index contributed by atoms with van der Waals surface area (Å²) in [5, 5.41) is 2.40. The van der Waals surface area contributed by atoms with Crippen LogP contribution in [-0.4, -0.2) is 19.1 Å². The molecule has 2 aromatic carbocycles. The Bertz CT molecular complexity index is 632. The normalized spacial score (nSPS) is 10.4. The Hall–Kier alpha value is -2.70. The van der Waals surface area contributed by atoms with Gasteiger partial charge in [0, 0.05) is 0 Å². The number of rotatable bonds is 6. The van der Waals surface area contributed by atoms with E-state index in [0.717, 1.165) is 0 Å². The lowest BCUT2D eigenvalue weighted by Crippen LogP contribution is -2.20. The molecule has 0 fully saturated rings. The fourth-order valence-corrected chi connectivity index (χ4v) is 1.63. The van der Waals surface area contributed by atoms with E-state index in [0.29, 0.717) is 5.75 Å². The second-order valence-electron chi connectivity index (χ2n) is 4.17. The number of nitrogens with one attached hydrogen (secondary N) is 1. The van der Waals surface area contributed by atoms with Crippen LogP contribution in [0.2, 0.25) is 0 Å². The van der Waals surface area contributed by atoms with Crippen molar-refractivity contribution in [2.24, 2.45) is 0 Å². The van der Waals surface area contributed by atoms with Crippen LogP contribution >= 0.6 is 0 Å². The fraction of sp³-hybridized carbons (Fsp3) is 0.133. The van der Waals surface area contributed by atoms with Gasteiger partial charge in [-0.2, -0.15) is 8.78 Å². The average Bonchev–Trinajstić information content (AvgIpc) is 2.48. The minimum Gasteiger partial charge on any atom is -0.484 e. The van der Waals surface area contributed by atoms with E-state index in [1.54, 1.807) is 6.07 Å². The lowest BCUT2D eigenvalue weighted by atomic mass is 10.3. The van der Waals surface area contributed by atoms with Crippen molar-refractivity contribution in [2.45, 2.75) is 6.61 Å². The summed E-state index contributed by atoms with van der Waals surface area (Å²) in [4.78, 5) is 11.7. The van der Waals surface area contributed by atoms with Crippen molar-refractivity contribution in [3.05, 3.63) is 54.3 Å². The molecule has 22 heavy (non-hydrogen) atoms. The van der Waals surface area contributed by atoms with Gasteiger partial charge in [-0.3, -0.25) is 4.79 Å². The highest BCUT2D eigenvalue weighted by molar-refractivity contribution is 5.93. The molecule has 2 rings (SSSR count). The van der Waals surface area contributed by atoms with Crippen molar-refractivity contribution in [1.29, 1.82) is 0 Å². The molecule has 4 nitrogen and oxygen atoms in total. The summed E-state index contributed by atoms with van der Waals surface area (Å²) in [7, 11) is 0. The van der Waals surface area contributed by atoms with Crippen LogP contribution in [0, 0.1) is 5.82 Å². The highest BCUT2D eigenvalue weighted by atomic mass is 19.3. The summed E-state index contributed by atoms with van der Waals surface area (Å²) in [6, 6.07) is 10.9. The molecule has 0 saturated carbocycles. The van der Waals surface area contributed by atoms with E-state index in [4.69, 9.17) is 4.74 Å². The summed E-state index contributed by atoms with van der Waals surface area (Å²) in [6.07, 6.45) is 0. The lowest BCUT2D eigenvalue weighted by molar-refractivity contribution is -0.118. The molecule has 0 aliphatic rings. The van der Waals surface area contributed by atoms with E-state index < -0.39 is 18.3 Å². The van der Waals surface area contributed by atoms with Crippen LogP contribution in [-0.2, 0) is 4.79 Å². The first-order valence-corrected chi connectivity index (χ1v) is 6.26. The average molecular weight is 311 g/mol. The molecule has 0 aliphatic heterocycles. The summed E-state index contributed by atoms with van der Waals surface area (Å²) >= 11 is 0. The number of anilines is 1. The number of hydrogen-bond acceptors (Lipinski definition) is 3. The van der Waals surface area contributed by atoms with Gasteiger partial charge < -0.3 is 14.8 Å². The molecular formula is C15H12F3NO3. The zero-order valence-corrected chi connectivity index (χ0v) is 11.3. The number of hydrogen-bond donors (Lipinski definition) is 1. The molecule has 2 aromatic rings. The molecule has 0 aliphatic carbocycles. The first kappa shape index (κ1) is 15.7. The van der Waals surface area contributed by atoms with Gasteiger partial charge in [0.2, 0.25) is 0 Å². The third-order valence-corrected chi connectivity index (χ3v) is 2.56. The third-order valence-electron chi connectivity index (χ3n) is 2.56. The summed E-state index contributed by atoms with van der Waals surface area (Å²) in [6.45, 7) is -3.34. The van der Waals surface area contributed by atoms with Gasteiger partial charge in [0.1, 0.15) is 17.3 Å². The Morgan fingerprint density at radius 3 is 2.45 bits per heavy atom. The van der Waals surface area contributed by atoms with Crippen LogP contribution in [0.15, 0.2) is 48.5 Å². The van der Waals surface area contributed by atoms with Gasteiger partial charge in [-0.25, -0.2) is 4.39 Å². The van der Waals surface area contributed by atoms with E-state index >= 15 is 0 Å². The molecule has 0 radical (unpaired) electrons. The highest BCUT2D eigenvalue weighted by Gasteiger charge is 2.11. The van der Waals surface area contributed by atoms with Gasteiger partial charge in [0.25, 0.3) is 5.91 Å². The second-order valence-corrected chi connectivity index (χ2v) is 4.17. The molecule has 0 atom stereocenters. The van der Waals surface area contributed by atoms with E-state index in [1.165, 1.54) is 42.5 Å². The molecule has 0 aromatic heterocycles. The maximum atomic E-state index is 12.7. The van der Waals surface area contributed by atoms with Crippen molar-refractivity contribution in [2.75, 3.05) is 11.9 Å². The van der Waals surface area contributed by atoms with Gasteiger partial charge in [0.15, 0.2) is 6.61 Å². The zero-order valence-electron chi connectivity index (χ0n) is 11.3. The summed E-state index contributed by atoms with van der Waals surface area (Å²) in [5.41, 5.74) is 0.107. The van der Waals surface area contributed by atoms with Crippen LogP contribution in [0.4, 0.5) is 18.9 Å². The zero-order chi connectivity index (χ0) is 15.9. The highest BCUT2D eigenvalue weighted by Crippen LogP contribution is 2.25. The SMILES string of the molecule is O=C(COc1ccc(F)cc1)Nc1ccccc1OC(F)F. The number of halogens is 3. The molecule has 1 N–H and O–H groups in total. The first-order chi connectivity index (χ1) is 10.5. The van der Waals surface area contributed by atoms with Crippen LogP contribution in [0.3, 0.4) is 0 Å². The minimum absolute atomic E-state index is 0.107. The van der Waals surface area contributed by atoms with E-state index in [9.17, 15) is 18.0 Å². The number of benzene rings is 2. The minimum atomic E-state index is -2.99. The molecule has 0 heterocycles. The second kappa shape index (κ2) is 7.35.